The second kappa shape index (κ2) is 7.51. The Kier molecular flexibility index (Phi) is 5.99. The van der Waals surface area contributed by atoms with Gasteiger partial charge in [0.25, 0.3) is 0 Å². The van der Waals surface area contributed by atoms with Crippen molar-refractivity contribution >= 4 is 11.9 Å². The molecule has 4 nitrogen and oxygen atoms in total. The van der Waals surface area contributed by atoms with Crippen molar-refractivity contribution in [3.8, 4) is 0 Å². The first kappa shape index (κ1) is 15.1. The van der Waals surface area contributed by atoms with Crippen molar-refractivity contribution in [1.82, 2.24) is 5.32 Å². The molecule has 0 saturated carbocycles. The van der Waals surface area contributed by atoms with Gasteiger partial charge in [-0.1, -0.05) is 18.2 Å². The van der Waals surface area contributed by atoms with Crippen molar-refractivity contribution in [1.29, 1.82) is 0 Å². The maximum Gasteiger partial charge on any atom is 0.303 e. The molecule has 0 fully saturated rings. The van der Waals surface area contributed by atoms with Crippen molar-refractivity contribution in [3.63, 3.8) is 0 Å². The topological polar surface area (TPSA) is 66.4 Å². The summed E-state index contributed by atoms with van der Waals surface area (Å²) in [5.74, 6) is -1.40. The average molecular weight is 267 g/mol. The summed E-state index contributed by atoms with van der Waals surface area (Å²) in [5.41, 5.74) is 0.446. The Labute approximate surface area is 111 Å². The van der Waals surface area contributed by atoms with Gasteiger partial charge in [-0.15, -0.1) is 0 Å². The number of halogens is 1. The van der Waals surface area contributed by atoms with E-state index < -0.39 is 12.0 Å². The number of benzene rings is 1. The highest BCUT2D eigenvalue weighted by Crippen LogP contribution is 2.16. The van der Waals surface area contributed by atoms with E-state index in [-0.39, 0.29) is 24.6 Å². The molecule has 0 radical (unpaired) electrons. The number of hydrogen-bond donors (Lipinski definition) is 2. The van der Waals surface area contributed by atoms with Crippen LogP contribution in [0.1, 0.15) is 44.2 Å². The van der Waals surface area contributed by atoms with Crippen LogP contribution in [0.2, 0.25) is 0 Å². The molecular formula is C14H18FNO3. The monoisotopic (exact) mass is 267 g/mol. The van der Waals surface area contributed by atoms with Gasteiger partial charge in [-0.3, -0.25) is 9.59 Å². The molecule has 0 aliphatic heterocycles. The first-order valence-electron chi connectivity index (χ1n) is 6.26. The van der Waals surface area contributed by atoms with Crippen LogP contribution in [0.3, 0.4) is 0 Å². The predicted molar refractivity (Wildman–Crippen MR) is 69.1 cm³/mol. The third kappa shape index (κ3) is 5.50. The van der Waals surface area contributed by atoms with Gasteiger partial charge < -0.3 is 10.4 Å². The van der Waals surface area contributed by atoms with Crippen LogP contribution >= 0.6 is 0 Å². The zero-order valence-electron chi connectivity index (χ0n) is 10.9. The molecule has 1 rings (SSSR count). The fraction of sp³-hybridized carbons (Fsp3) is 0.429. The van der Waals surface area contributed by atoms with Gasteiger partial charge in [0, 0.05) is 18.4 Å². The summed E-state index contributed by atoms with van der Waals surface area (Å²) in [5, 5.41) is 11.2. The number of nitrogens with one attached hydrogen (secondary N) is 1. The van der Waals surface area contributed by atoms with Crippen LogP contribution in [0.25, 0.3) is 0 Å². The lowest BCUT2D eigenvalue weighted by Crippen LogP contribution is -2.26. The minimum atomic E-state index is -0.861. The third-order valence-electron chi connectivity index (χ3n) is 2.79. The molecule has 0 aliphatic rings. The largest absolute Gasteiger partial charge is 0.481 e. The summed E-state index contributed by atoms with van der Waals surface area (Å²) in [7, 11) is 0. The van der Waals surface area contributed by atoms with E-state index in [0.717, 1.165) is 0 Å². The summed E-state index contributed by atoms with van der Waals surface area (Å²) in [6, 6.07) is 5.90. The minimum absolute atomic E-state index is 0.0656. The highest BCUT2D eigenvalue weighted by atomic mass is 19.1. The lowest BCUT2D eigenvalue weighted by atomic mass is 10.1. The summed E-state index contributed by atoms with van der Waals surface area (Å²) in [4.78, 5) is 21.9. The van der Waals surface area contributed by atoms with Gasteiger partial charge in [0.2, 0.25) is 5.91 Å². The Morgan fingerprint density at radius 1 is 1.26 bits per heavy atom. The second-order valence-corrected chi connectivity index (χ2v) is 4.41. The van der Waals surface area contributed by atoms with Crippen LogP contribution in [0.5, 0.6) is 0 Å². The van der Waals surface area contributed by atoms with Gasteiger partial charge >= 0.3 is 5.97 Å². The Morgan fingerprint density at radius 3 is 2.53 bits per heavy atom. The van der Waals surface area contributed by atoms with Crippen LogP contribution in [0, 0.1) is 5.82 Å². The van der Waals surface area contributed by atoms with Gasteiger partial charge in [-0.25, -0.2) is 4.39 Å². The highest BCUT2D eigenvalue weighted by Gasteiger charge is 2.12. The standard InChI is InChI=1S/C14H18FNO3/c1-10(11-6-2-3-7-12(11)15)16-13(17)8-4-5-9-14(18)19/h2-3,6-7,10H,4-5,8-9H2,1H3,(H,16,17)(H,18,19). The molecule has 0 heterocycles. The molecule has 104 valence electrons. The van der Waals surface area contributed by atoms with Crippen LogP contribution in [-0.4, -0.2) is 17.0 Å². The smallest absolute Gasteiger partial charge is 0.303 e. The molecule has 0 aliphatic carbocycles. The molecule has 0 saturated heterocycles. The van der Waals surface area contributed by atoms with E-state index in [1.54, 1.807) is 25.1 Å². The lowest BCUT2D eigenvalue weighted by molar-refractivity contribution is -0.137. The number of carboxylic acids is 1. The Hall–Kier alpha value is -1.91. The summed E-state index contributed by atoms with van der Waals surface area (Å²) >= 11 is 0. The number of rotatable bonds is 7. The minimum Gasteiger partial charge on any atom is -0.481 e. The van der Waals surface area contributed by atoms with E-state index in [1.807, 2.05) is 0 Å². The molecule has 2 N–H and O–H groups in total. The summed E-state index contributed by atoms with van der Waals surface area (Å²) in [6.07, 6.45) is 1.31. The number of carboxylic acid groups (broad SMARTS) is 1. The number of carbonyl (C=O) groups excluding carboxylic acids is 1. The van der Waals surface area contributed by atoms with Gasteiger partial charge in [0.1, 0.15) is 5.82 Å². The quantitative estimate of drug-likeness (QED) is 0.746. The molecule has 1 amide bonds. The predicted octanol–water partition coefficient (Wildman–Crippen LogP) is 2.65. The van der Waals surface area contributed by atoms with E-state index in [0.29, 0.717) is 18.4 Å². The molecule has 0 aromatic heterocycles. The normalized spacial score (nSPS) is 11.9. The van der Waals surface area contributed by atoms with E-state index in [9.17, 15) is 14.0 Å². The molecule has 1 atom stereocenters. The second-order valence-electron chi connectivity index (χ2n) is 4.41. The first-order valence-corrected chi connectivity index (χ1v) is 6.26. The van der Waals surface area contributed by atoms with Crippen LogP contribution in [0.4, 0.5) is 4.39 Å². The maximum atomic E-state index is 13.5. The third-order valence-corrected chi connectivity index (χ3v) is 2.79. The van der Waals surface area contributed by atoms with Crippen molar-refractivity contribution in [2.45, 2.75) is 38.6 Å². The number of unbranched alkanes of at least 4 members (excludes halogenated alkanes) is 1. The lowest BCUT2D eigenvalue weighted by Gasteiger charge is -2.14. The van der Waals surface area contributed by atoms with Crippen LogP contribution in [0.15, 0.2) is 24.3 Å². The van der Waals surface area contributed by atoms with E-state index in [2.05, 4.69) is 5.32 Å². The van der Waals surface area contributed by atoms with Gasteiger partial charge in [-0.2, -0.15) is 0 Å². The van der Waals surface area contributed by atoms with Crippen molar-refractivity contribution in [2.75, 3.05) is 0 Å². The van der Waals surface area contributed by atoms with Crippen LogP contribution < -0.4 is 5.32 Å². The molecule has 0 bridgehead atoms. The summed E-state index contributed by atoms with van der Waals surface area (Å²) < 4.78 is 13.5. The number of hydrogen-bond acceptors (Lipinski definition) is 2. The highest BCUT2D eigenvalue weighted by molar-refractivity contribution is 5.76. The number of aliphatic carboxylic acids is 1. The molecule has 5 heteroatoms. The van der Waals surface area contributed by atoms with Crippen molar-refractivity contribution < 1.29 is 19.1 Å². The summed E-state index contributed by atoms with van der Waals surface area (Å²) in [6.45, 7) is 1.72. The van der Waals surface area contributed by atoms with Gasteiger partial charge in [0.05, 0.1) is 6.04 Å². The number of carbonyl (C=O) groups is 2. The van der Waals surface area contributed by atoms with Gasteiger partial charge in [0.15, 0.2) is 0 Å². The Balaban J connectivity index is 2.36. The van der Waals surface area contributed by atoms with E-state index in [4.69, 9.17) is 5.11 Å². The molecule has 1 unspecified atom stereocenters. The molecule has 1 aromatic rings. The Morgan fingerprint density at radius 2 is 1.89 bits per heavy atom. The molecule has 1 aromatic carbocycles. The SMILES string of the molecule is CC(NC(=O)CCCCC(=O)O)c1ccccc1F. The van der Waals surface area contributed by atoms with Crippen molar-refractivity contribution in [3.05, 3.63) is 35.6 Å². The zero-order chi connectivity index (χ0) is 14.3. The number of amides is 1. The van der Waals surface area contributed by atoms with Crippen molar-refractivity contribution in [2.24, 2.45) is 0 Å². The average Bonchev–Trinajstić information content (AvgIpc) is 2.35. The van der Waals surface area contributed by atoms with E-state index in [1.165, 1.54) is 6.07 Å². The maximum absolute atomic E-state index is 13.5. The molecule has 19 heavy (non-hydrogen) atoms. The molecule has 0 spiro atoms. The van der Waals surface area contributed by atoms with Gasteiger partial charge in [-0.05, 0) is 25.8 Å². The fourth-order valence-corrected chi connectivity index (χ4v) is 1.78. The Bertz CT molecular complexity index is 448. The zero-order valence-corrected chi connectivity index (χ0v) is 10.9. The van der Waals surface area contributed by atoms with E-state index >= 15 is 0 Å². The molecular weight excluding hydrogens is 249 g/mol. The first-order chi connectivity index (χ1) is 9.00. The fourth-order valence-electron chi connectivity index (χ4n) is 1.78. The van der Waals surface area contributed by atoms with Crippen LogP contribution in [-0.2, 0) is 9.59 Å².